The van der Waals surface area contributed by atoms with E-state index >= 15 is 0 Å². The van der Waals surface area contributed by atoms with Crippen molar-refractivity contribution in [2.75, 3.05) is 12.4 Å². The molecule has 1 aromatic heterocycles. The van der Waals surface area contributed by atoms with Gasteiger partial charge in [0.05, 0.1) is 18.3 Å². The van der Waals surface area contributed by atoms with Crippen LogP contribution in [0, 0.1) is 0 Å². The van der Waals surface area contributed by atoms with Gasteiger partial charge in [-0.2, -0.15) is 0 Å². The van der Waals surface area contributed by atoms with E-state index in [1.807, 2.05) is 54.6 Å². The first-order valence-electron chi connectivity index (χ1n) is 7.24. The lowest BCUT2D eigenvalue weighted by Crippen LogP contribution is -2.08. The SMILES string of the molecule is COc1ccccc1C=CC(=O)Nc1cccc2ncccc12. The Morgan fingerprint density at radius 3 is 2.83 bits per heavy atom. The fraction of sp³-hybridized carbons (Fsp3) is 0.0526. The van der Waals surface area contributed by atoms with Gasteiger partial charge in [0.1, 0.15) is 5.75 Å². The Hall–Kier alpha value is -3.14. The number of fused-ring (bicyclic) bond motifs is 1. The van der Waals surface area contributed by atoms with Crippen molar-refractivity contribution >= 4 is 28.6 Å². The van der Waals surface area contributed by atoms with Crippen molar-refractivity contribution < 1.29 is 9.53 Å². The maximum absolute atomic E-state index is 12.2. The summed E-state index contributed by atoms with van der Waals surface area (Å²) in [6.45, 7) is 0. The first-order valence-corrected chi connectivity index (χ1v) is 7.24. The van der Waals surface area contributed by atoms with Gasteiger partial charge in [0.2, 0.25) is 5.91 Å². The van der Waals surface area contributed by atoms with Crippen LogP contribution in [0.2, 0.25) is 0 Å². The number of benzene rings is 2. The molecule has 4 nitrogen and oxygen atoms in total. The number of carbonyl (C=O) groups excluding carboxylic acids is 1. The molecule has 0 saturated heterocycles. The molecule has 0 aliphatic rings. The molecular weight excluding hydrogens is 288 g/mol. The van der Waals surface area contributed by atoms with Gasteiger partial charge in [-0.25, -0.2) is 0 Å². The van der Waals surface area contributed by atoms with Crippen LogP contribution in [-0.2, 0) is 4.79 Å². The third kappa shape index (κ3) is 3.37. The molecule has 0 spiro atoms. The zero-order chi connectivity index (χ0) is 16.1. The normalized spacial score (nSPS) is 10.8. The molecule has 1 amide bonds. The summed E-state index contributed by atoms with van der Waals surface area (Å²) in [5.41, 5.74) is 2.44. The zero-order valence-electron chi connectivity index (χ0n) is 12.7. The number of nitrogens with zero attached hydrogens (tertiary/aromatic N) is 1. The average Bonchev–Trinajstić information content (AvgIpc) is 2.60. The van der Waals surface area contributed by atoms with Gasteiger partial charge in [0, 0.05) is 23.2 Å². The van der Waals surface area contributed by atoms with Crippen molar-refractivity contribution in [2.24, 2.45) is 0 Å². The molecule has 0 aliphatic heterocycles. The molecule has 3 rings (SSSR count). The number of pyridine rings is 1. The minimum Gasteiger partial charge on any atom is -0.496 e. The van der Waals surface area contributed by atoms with E-state index in [-0.39, 0.29) is 5.91 Å². The lowest BCUT2D eigenvalue weighted by molar-refractivity contribution is -0.111. The highest BCUT2D eigenvalue weighted by Crippen LogP contribution is 2.22. The number of ether oxygens (including phenoxy) is 1. The second-order valence-electron chi connectivity index (χ2n) is 4.94. The highest BCUT2D eigenvalue weighted by Gasteiger charge is 2.04. The minimum atomic E-state index is -0.202. The van der Waals surface area contributed by atoms with Gasteiger partial charge in [-0.05, 0) is 36.4 Å². The van der Waals surface area contributed by atoms with Gasteiger partial charge in [0.15, 0.2) is 0 Å². The molecule has 2 aromatic carbocycles. The van der Waals surface area contributed by atoms with Crippen molar-refractivity contribution in [1.82, 2.24) is 4.98 Å². The molecule has 3 aromatic rings. The summed E-state index contributed by atoms with van der Waals surface area (Å²) in [4.78, 5) is 16.4. The van der Waals surface area contributed by atoms with E-state index < -0.39 is 0 Å². The van der Waals surface area contributed by atoms with Crippen molar-refractivity contribution in [3.05, 3.63) is 72.4 Å². The second-order valence-corrected chi connectivity index (χ2v) is 4.94. The molecule has 0 atom stereocenters. The van der Waals surface area contributed by atoms with E-state index in [0.29, 0.717) is 0 Å². The van der Waals surface area contributed by atoms with E-state index in [1.54, 1.807) is 19.4 Å². The van der Waals surface area contributed by atoms with Crippen LogP contribution in [0.1, 0.15) is 5.56 Å². The maximum atomic E-state index is 12.2. The molecular formula is C19H16N2O2. The predicted molar refractivity (Wildman–Crippen MR) is 92.4 cm³/mol. The summed E-state index contributed by atoms with van der Waals surface area (Å²) in [5.74, 6) is 0.526. The molecule has 1 heterocycles. The Bertz CT molecular complexity index is 867. The van der Waals surface area contributed by atoms with Gasteiger partial charge >= 0.3 is 0 Å². The molecule has 4 heteroatoms. The van der Waals surface area contributed by atoms with E-state index in [0.717, 1.165) is 27.9 Å². The van der Waals surface area contributed by atoms with E-state index in [9.17, 15) is 4.79 Å². The third-order valence-corrected chi connectivity index (χ3v) is 3.46. The second kappa shape index (κ2) is 6.75. The van der Waals surface area contributed by atoms with Crippen LogP contribution < -0.4 is 10.1 Å². The monoisotopic (exact) mass is 304 g/mol. The van der Waals surface area contributed by atoms with Crippen LogP contribution in [0.25, 0.3) is 17.0 Å². The number of para-hydroxylation sites is 1. The molecule has 0 fully saturated rings. The van der Waals surface area contributed by atoms with Crippen LogP contribution in [-0.4, -0.2) is 18.0 Å². The molecule has 114 valence electrons. The summed E-state index contributed by atoms with van der Waals surface area (Å²) in [6, 6.07) is 17.0. The number of nitrogens with one attached hydrogen (secondary N) is 1. The van der Waals surface area contributed by atoms with Gasteiger partial charge in [-0.15, -0.1) is 0 Å². The standard InChI is InChI=1S/C19H16N2O2/c1-23-18-10-3-2-6-14(18)11-12-19(22)21-17-9-4-8-16-15(17)7-5-13-20-16/h2-13H,1H3,(H,21,22). The quantitative estimate of drug-likeness (QED) is 0.744. The predicted octanol–water partition coefficient (Wildman–Crippen LogP) is 3.90. The zero-order valence-corrected chi connectivity index (χ0v) is 12.7. The van der Waals surface area contributed by atoms with Crippen molar-refractivity contribution in [1.29, 1.82) is 0 Å². The highest BCUT2D eigenvalue weighted by molar-refractivity contribution is 6.07. The number of amides is 1. The van der Waals surface area contributed by atoms with Crippen molar-refractivity contribution in [3.63, 3.8) is 0 Å². The Balaban J connectivity index is 1.80. The number of aromatic nitrogens is 1. The third-order valence-electron chi connectivity index (χ3n) is 3.46. The van der Waals surface area contributed by atoms with Crippen LogP contribution in [0.3, 0.4) is 0 Å². The topological polar surface area (TPSA) is 51.2 Å². The van der Waals surface area contributed by atoms with Crippen LogP contribution in [0.4, 0.5) is 5.69 Å². The van der Waals surface area contributed by atoms with Crippen LogP contribution in [0.5, 0.6) is 5.75 Å². The fourth-order valence-electron chi connectivity index (χ4n) is 2.36. The largest absolute Gasteiger partial charge is 0.496 e. The van der Waals surface area contributed by atoms with Crippen molar-refractivity contribution in [3.8, 4) is 5.75 Å². The molecule has 0 unspecified atom stereocenters. The van der Waals surface area contributed by atoms with Gasteiger partial charge in [-0.3, -0.25) is 9.78 Å². The molecule has 0 aliphatic carbocycles. The molecule has 0 radical (unpaired) electrons. The highest BCUT2D eigenvalue weighted by atomic mass is 16.5. The Morgan fingerprint density at radius 2 is 1.96 bits per heavy atom. The Labute approximate surface area is 134 Å². The van der Waals surface area contributed by atoms with Gasteiger partial charge in [-0.1, -0.05) is 24.3 Å². The Kier molecular flexibility index (Phi) is 4.34. The summed E-state index contributed by atoms with van der Waals surface area (Å²) in [6.07, 6.45) is 4.96. The van der Waals surface area contributed by atoms with E-state index in [4.69, 9.17) is 4.74 Å². The number of carbonyl (C=O) groups is 1. The smallest absolute Gasteiger partial charge is 0.248 e. The molecule has 23 heavy (non-hydrogen) atoms. The number of hydrogen-bond donors (Lipinski definition) is 1. The van der Waals surface area contributed by atoms with Gasteiger partial charge in [0.25, 0.3) is 0 Å². The average molecular weight is 304 g/mol. The van der Waals surface area contributed by atoms with Crippen LogP contribution >= 0.6 is 0 Å². The summed E-state index contributed by atoms with van der Waals surface area (Å²) < 4.78 is 5.26. The Morgan fingerprint density at radius 1 is 1.09 bits per heavy atom. The lowest BCUT2D eigenvalue weighted by atomic mass is 10.1. The molecule has 1 N–H and O–H groups in total. The number of hydrogen-bond acceptors (Lipinski definition) is 3. The molecule has 0 bridgehead atoms. The number of anilines is 1. The van der Waals surface area contributed by atoms with Crippen molar-refractivity contribution in [2.45, 2.75) is 0 Å². The number of rotatable bonds is 4. The first-order chi connectivity index (χ1) is 11.3. The lowest BCUT2D eigenvalue weighted by Gasteiger charge is -2.06. The summed E-state index contributed by atoms with van der Waals surface area (Å²) in [5, 5.41) is 3.80. The molecule has 0 saturated carbocycles. The van der Waals surface area contributed by atoms with Crippen LogP contribution in [0.15, 0.2) is 66.9 Å². The van der Waals surface area contributed by atoms with E-state index in [2.05, 4.69) is 10.3 Å². The maximum Gasteiger partial charge on any atom is 0.248 e. The number of methoxy groups -OCH3 is 1. The summed E-state index contributed by atoms with van der Waals surface area (Å²) in [7, 11) is 1.61. The minimum absolute atomic E-state index is 0.202. The fourth-order valence-corrected chi connectivity index (χ4v) is 2.36. The van der Waals surface area contributed by atoms with E-state index in [1.165, 1.54) is 6.08 Å². The summed E-state index contributed by atoms with van der Waals surface area (Å²) >= 11 is 0. The van der Waals surface area contributed by atoms with Gasteiger partial charge < -0.3 is 10.1 Å². The first kappa shape index (κ1) is 14.8.